The van der Waals surface area contributed by atoms with Gasteiger partial charge >= 0.3 is 0 Å². The lowest BCUT2D eigenvalue weighted by Crippen LogP contribution is -2.54. The molecule has 118 valence electrons. The van der Waals surface area contributed by atoms with Crippen molar-refractivity contribution in [1.82, 2.24) is 10.1 Å². The minimum atomic E-state index is -0.00671. The van der Waals surface area contributed by atoms with Crippen molar-refractivity contribution >= 4 is 0 Å². The second-order valence-corrected chi connectivity index (χ2v) is 6.47. The molecule has 5 heteroatoms. The maximum absolute atomic E-state index is 6.24. The van der Waals surface area contributed by atoms with Crippen LogP contribution in [0.4, 0.5) is 0 Å². The fourth-order valence-electron chi connectivity index (χ4n) is 3.92. The van der Waals surface area contributed by atoms with Gasteiger partial charge in [0.2, 0.25) is 0 Å². The Balaban J connectivity index is 1.71. The largest absolute Gasteiger partial charge is 0.384 e. The molecule has 1 saturated carbocycles. The van der Waals surface area contributed by atoms with Gasteiger partial charge in [-0.15, -0.1) is 0 Å². The van der Waals surface area contributed by atoms with Crippen LogP contribution in [-0.2, 0) is 16.0 Å². The van der Waals surface area contributed by atoms with Gasteiger partial charge in [-0.2, -0.15) is 0 Å². The first kappa shape index (κ1) is 15.0. The summed E-state index contributed by atoms with van der Waals surface area (Å²) in [4.78, 5) is 2.49. The molecule has 2 heterocycles. The van der Waals surface area contributed by atoms with Crippen LogP contribution < -0.4 is 0 Å². The minimum absolute atomic E-state index is 0.00671. The van der Waals surface area contributed by atoms with E-state index in [0.717, 1.165) is 50.7 Å². The lowest BCUT2D eigenvalue weighted by atomic mass is 9.89. The summed E-state index contributed by atoms with van der Waals surface area (Å²) < 4.78 is 16.9. The minimum Gasteiger partial charge on any atom is -0.384 e. The highest BCUT2D eigenvalue weighted by molar-refractivity contribution is 5.20. The SMILES string of the molecule is COC[C@H]1CCC[C@]12CN(Cc1c(C)noc1C)CCO2. The zero-order valence-corrected chi connectivity index (χ0v) is 13.4. The van der Waals surface area contributed by atoms with Crippen molar-refractivity contribution in [2.75, 3.05) is 33.4 Å². The number of methoxy groups -OCH3 is 1. The van der Waals surface area contributed by atoms with Gasteiger partial charge in [0, 0.05) is 38.2 Å². The Morgan fingerprint density at radius 2 is 2.29 bits per heavy atom. The van der Waals surface area contributed by atoms with Crippen LogP contribution in [0.2, 0.25) is 0 Å². The third-order valence-corrected chi connectivity index (χ3v) is 5.12. The van der Waals surface area contributed by atoms with Crippen molar-refractivity contribution in [2.45, 2.75) is 45.3 Å². The molecular weight excluding hydrogens is 268 g/mol. The molecule has 1 aromatic rings. The molecule has 0 aromatic carbocycles. The molecular formula is C16H26N2O3. The quantitative estimate of drug-likeness (QED) is 0.853. The van der Waals surface area contributed by atoms with E-state index in [1.807, 2.05) is 13.8 Å². The maximum atomic E-state index is 6.24. The smallest absolute Gasteiger partial charge is 0.138 e. The van der Waals surface area contributed by atoms with E-state index in [9.17, 15) is 0 Å². The first-order chi connectivity index (χ1) is 10.1. The lowest BCUT2D eigenvalue weighted by Gasteiger charge is -2.44. The Hall–Kier alpha value is -0.910. The molecule has 1 aliphatic heterocycles. The van der Waals surface area contributed by atoms with Crippen LogP contribution in [0.5, 0.6) is 0 Å². The number of aryl methyl sites for hydroxylation is 2. The molecule has 1 spiro atoms. The summed E-state index contributed by atoms with van der Waals surface area (Å²) in [6.07, 6.45) is 3.61. The van der Waals surface area contributed by atoms with E-state index in [4.69, 9.17) is 14.0 Å². The third kappa shape index (κ3) is 2.87. The highest BCUT2D eigenvalue weighted by Gasteiger charge is 2.46. The van der Waals surface area contributed by atoms with Crippen LogP contribution in [0, 0.1) is 19.8 Å². The lowest BCUT2D eigenvalue weighted by molar-refractivity contribution is -0.141. The van der Waals surface area contributed by atoms with Crippen molar-refractivity contribution in [2.24, 2.45) is 5.92 Å². The Labute approximate surface area is 126 Å². The number of hydrogen-bond donors (Lipinski definition) is 0. The van der Waals surface area contributed by atoms with E-state index in [2.05, 4.69) is 10.1 Å². The van der Waals surface area contributed by atoms with Crippen LogP contribution in [0.15, 0.2) is 4.52 Å². The highest BCUT2D eigenvalue weighted by atomic mass is 16.5. The van der Waals surface area contributed by atoms with Crippen molar-refractivity contribution in [3.63, 3.8) is 0 Å². The molecule has 5 nitrogen and oxygen atoms in total. The molecule has 0 N–H and O–H groups in total. The fraction of sp³-hybridized carbons (Fsp3) is 0.812. The second kappa shape index (κ2) is 6.07. The predicted octanol–water partition coefficient (Wildman–Crippen LogP) is 2.31. The topological polar surface area (TPSA) is 47.7 Å². The summed E-state index contributed by atoms with van der Waals surface area (Å²) in [5.74, 6) is 1.46. The summed E-state index contributed by atoms with van der Waals surface area (Å²) in [7, 11) is 1.79. The van der Waals surface area contributed by atoms with Crippen molar-refractivity contribution < 1.29 is 14.0 Å². The third-order valence-electron chi connectivity index (χ3n) is 5.12. The normalized spacial score (nSPS) is 30.3. The molecule has 0 bridgehead atoms. The first-order valence-corrected chi connectivity index (χ1v) is 7.91. The highest BCUT2D eigenvalue weighted by Crippen LogP contribution is 2.41. The maximum Gasteiger partial charge on any atom is 0.138 e. The summed E-state index contributed by atoms with van der Waals surface area (Å²) in [5.41, 5.74) is 2.23. The Morgan fingerprint density at radius 3 is 3.00 bits per heavy atom. The number of ether oxygens (including phenoxy) is 2. The zero-order valence-electron chi connectivity index (χ0n) is 13.4. The van der Waals surface area contributed by atoms with Crippen LogP contribution in [0.3, 0.4) is 0 Å². The van der Waals surface area contributed by atoms with Gasteiger partial charge in [-0.05, 0) is 26.7 Å². The molecule has 1 aliphatic carbocycles. The van der Waals surface area contributed by atoms with Gasteiger partial charge in [0.05, 0.1) is 24.5 Å². The molecule has 2 aliphatic rings. The molecule has 0 unspecified atom stereocenters. The Morgan fingerprint density at radius 1 is 1.43 bits per heavy atom. The molecule has 21 heavy (non-hydrogen) atoms. The van der Waals surface area contributed by atoms with Crippen LogP contribution in [0.1, 0.15) is 36.3 Å². The van der Waals surface area contributed by atoms with Crippen molar-refractivity contribution in [3.05, 3.63) is 17.0 Å². The summed E-state index contributed by atoms with van der Waals surface area (Å²) >= 11 is 0. The monoisotopic (exact) mass is 294 g/mol. The van der Waals surface area contributed by atoms with E-state index < -0.39 is 0 Å². The summed E-state index contributed by atoms with van der Waals surface area (Å²) in [6.45, 7) is 8.51. The van der Waals surface area contributed by atoms with Gasteiger partial charge in [0.1, 0.15) is 5.76 Å². The second-order valence-electron chi connectivity index (χ2n) is 6.47. The van der Waals surface area contributed by atoms with E-state index in [-0.39, 0.29) is 5.60 Å². The molecule has 2 fully saturated rings. The molecule has 2 atom stereocenters. The Kier molecular flexibility index (Phi) is 4.33. The van der Waals surface area contributed by atoms with E-state index in [1.165, 1.54) is 18.4 Å². The van der Waals surface area contributed by atoms with E-state index >= 15 is 0 Å². The number of nitrogens with zero attached hydrogens (tertiary/aromatic N) is 2. The Bertz CT molecular complexity index is 468. The fourth-order valence-corrected chi connectivity index (χ4v) is 3.92. The average molecular weight is 294 g/mol. The van der Waals surface area contributed by atoms with Crippen LogP contribution in [0.25, 0.3) is 0 Å². The van der Waals surface area contributed by atoms with Crippen molar-refractivity contribution in [1.29, 1.82) is 0 Å². The number of aromatic nitrogens is 1. The molecule has 1 saturated heterocycles. The molecule has 3 rings (SSSR count). The van der Waals surface area contributed by atoms with Gasteiger partial charge in [-0.3, -0.25) is 4.90 Å². The van der Waals surface area contributed by atoms with Crippen molar-refractivity contribution in [3.8, 4) is 0 Å². The van der Waals surface area contributed by atoms with Gasteiger partial charge in [-0.25, -0.2) is 0 Å². The van der Waals surface area contributed by atoms with E-state index in [0.29, 0.717) is 5.92 Å². The van der Waals surface area contributed by atoms with Gasteiger partial charge in [0.25, 0.3) is 0 Å². The standard InChI is InChI=1S/C16H26N2O3/c1-12-15(13(2)21-17-12)9-18-7-8-20-16(11-18)6-4-5-14(16)10-19-3/h14H,4-11H2,1-3H3/t14-,16+/m1/s1. The average Bonchev–Trinajstić information content (AvgIpc) is 2.98. The molecule has 0 radical (unpaired) electrons. The number of morpholine rings is 1. The van der Waals surface area contributed by atoms with Gasteiger partial charge in [0.15, 0.2) is 0 Å². The molecule has 1 aromatic heterocycles. The summed E-state index contributed by atoms with van der Waals surface area (Å²) in [6, 6.07) is 0. The summed E-state index contributed by atoms with van der Waals surface area (Å²) in [5, 5.41) is 4.06. The van der Waals surface area contributed by atoms with E-state index in [1.54, 1.807) is 7.11 Å². The zero-order chi connectivity index (χ0) is 14.9. The predicted molar refractivity (Wildman–Crippen MR) is 79.2 cm³/mol. The molecule has 0 amide bonds. The number of hydrogen-bond acceptors (Lipinski definition) is 5. The van der Waals surface area contributed by atoms with Crippen LogP contribution >= 0.6 is 0 Å². The van der Waals surface area contributed by atoms with Gasteiger partial charge in [-0.1, -0.05) is 11.6 Å². The first-order valence-electron chi connectivity index (χ1n) is 7.91. The van der Waals surface area contributed by atoms with Gasteiger partial charge < -0.3 is 14.0 Å². The van der Waals surface area contributed by atoms with Crippen LogP contribution in [-0.4, -0.2) is 49.1 Å². The number of rotatable bonds is 4.